The van der Waals surface area contributed by atoms with Crippen molar-refractivity contribution in [2.45, 2.75) is 0 Å². The van der Waals surface area contributed by atoms with Crippen molar-refractivity contribution in [2.24, 2.45) is 4.99 Å². The number of phenols is 2. The normalized spacial score (nSPS) is 11.2. The van der Waals surface area contributed by atoms with Crippen molar-refractivity contribution in [1.82, 2.24) is 4.98 Å². The summed E-state index contributed by atoms with van der Waals surface area (Å²) in [5, 5.41) is 21.0. The lowest BCUT2D eigenvalue weighted by Crippen LogP contribution is -1.82. The van der Waals surface area contributed by atoms with Crippen LogP contribution in [0, 0.1) is 0 Å². The van der Waals surface area contributed by atoms with Crippen LogP contribution in [0.15, 0.2) is 59.9 Å². The minimum atomic E-state index is -0.00402. The van der Waals surface area contributed by atoms with Crippen LogP contribution in [0.2, 0.25) is 0 Å². The van der Waals surface area contributed by atoms with Crippen LogP contribution in [0.1, 0.15) is 5.56 Å². The summed E-state index contributed by atoms with van der Waals surface area (Å²) in [5.41, 5.74) is 1.35. The summed E-state index contributed by atoms with van der Waals surface area (Å²) in [6.07, 6.45) is 5.08. The van der Waals surface area contributed by atoms with E-state index in [0.717, 1.165) is 16.5 Å². The number of pyridine rings is 1. The molecule has 0 bridgehead atoms. The van der Waals surface area contributed by atoms with E-state index < -0.39 is 0 Å². The van der Waals surface area contributed by atoms with Crippen molar-refractivity contribution in [2.75, 3.05) is 0 Å². The van der Waals surface area contributed by atoms with Gasteiger partial charge in [-0.05, 0) is 24.3 Å². The quantitative estimate of drug-likeness (QED) is 0.697. The van der Waals surface area contributed by atoms with Gasteiger partial charge >= 0.3 is 0 Å². The fourth-order valence-corrected chi connectivity index (χ4v) is 2.00. The first-order chi connectivity index (χ1) is 9.74. The van der Waals surface area contributed by atoms with E-state index in [0.29, 0.717) is 5.56 Å². The zero-order valence-electron chi connectivity index (χ0n) is 10.6. The van der Waals surface area contributed by atoms with Crippen LogP contribution in [0.3, 0.4) is 0 Å². The van der Waals surface area contributed by atoms with Crippen molar-refractivity contribution in [3.05, 3.63) is 60.4 Å². The second-order valence-electron chi connectivity index (χ2n) is 4.38. The SMILES string of the molecule is Oc1ccc(C=Nc2cccc3cnccc23)c(O)c1. The number of rotatable bonds is 2. The first-order valence-corrected chi connectivity index (χ1v) is 6.13. The highest BCUT2D eigenvalue weighted by Crippen LogP contribution is 2.26. The molecule has 2 N–H and O–H groups in total. The van der Waals surface area contributed by atoms with E-state index in [1.807, 2.05) is 24.3 Å². The number of benzene rings is 2. The first kappa shape index (κ1) is 12.2. The molecule has 0 saturated carbocycles. The molecule has 3 rings (SSSR count). The lowest BCUT2D eigenvalue weighted by atomic mass is 10.1. The molecule has 4 heteroatoms. The molecule has 1 aromatic heterocycles. The van der Waals surface area contributed by atoms with Crippen molar-refractivity contribution in [3.8, 4) is 11.5 Å². The number of aromatic nitrogens is 1. The topological polar surface area (TPSA) is 65.7 Å². The van der Waals surface area contributed by atoms with Crippen LogP contribution in [0.5, 0.6) is 11.5 Å². The molecule has 20 heavy (non-hydrogen) atoms. The van der Waals surface area contributed by atoms with Gasteiger partial charge in [0.2, 0.25) is 0 Å². The molecule has 1 heterocycles. The Morgan fingerprint density at radius 3 is 2.80 bits per heavy atom. The number of phenolic OH excluding ortho intramolecular Hbond substituents is 2. The fourth-order valence-electron chi connectivity index (χ4n) is 2.00. The molecule has 0 aliphatic carbocycles. The van der Waals surface area contributed by atoms with Crippen LogP contribution >= 0.6 is 0 Å². The Morgan fingerprint density at radius 1 is 1.05 bits per heavy atom. The summed E-state index contributed by atoms with van der Waals surface area (Å²) in [5.74, 6) is 0.0199. The van der Waals surface area contributed by atoms with Gasteiger partial charge < -0.3 is 10.2 Å². The summed E-state index contributed by atoms with van der Waals surface area (Å²) < 4.78 is 0. The lowest BCUT2D eigenvalue weighted by Gasteiger charge is -2.02. The predicted molar refractivity (Wildman–Crippen MR) is 78.8 cm³/mol. The molecule has 3 aromatic rings. The third kappa shape index (κ3) is 2.31. The molecule has 0 aliphatic rings. The van der Waals surface area contributed by atoms with E-state index in [1.165, 1.54) is 12.1 Å². The number of fused-ring (bicyclic) bond motifs is 1. The average Bonchev–Trinajstić information content (AvgIpc) is 2.46. The largest absolute Gasteiger partial charge is 0.508 e. The van der Waals surface area contributed by atoms with Crippen molar-refractivity contribution in [1.29, 1.82) is 0 Å². The second-order valence-corrected chi connectivity index (χ2v) is 4.38. The minimum absolute atomic E-state index is 0.00402. The Bertz CT molecular complexity index is 792. The van der Waals surface area contributed by atoms with Crippen molar-refractivity contribution >= 4 is 22.7 Å². The highest BCUT2D eigenvalue weighted by Gasteiger charge is 2.01. The Balaban J connectivity index is 2.02. The van der Waals surface area contributed by atoms with Crippen LogP contribution in [-0.4, -0.2) is 21.4 Å². The standard InChI is InChI=1S/C16H12N2O2/c19-13-5-4-12(16(20)8-13)10-18-15-3-1-2-11-9-17-7-6-14(11)15/h1-10,19-20H. The van der Waals surface area contributed by atoms with Crippen molar-refractivity contribution in [3.63, 3.8) is 0 Å². The van der Waals surface area contributed by atoms with Gasteiger partial charge in [0, 0.05) is 41.0 Å². The summed E-state index contributed by atoms with van der Waals surface area (Å²) in [6, 6.07) is 12.1. The Labute approximate surface area is 115 Å². The van der Waals surface area contributed by atoms with Gasteiger partial charge in [-0.15, -0.1) is 0 Å². The zero-order valence-corrected chi connectivity index (χ0v) is 10.6. The summed E-state index contributed by atoms with van der Waals surface area (Å²) in [4.78, 5) is 8.48. The number of aromatic hydroxyl groups is 2. The lowest BCUT2D eigenvalue weighted by molar-refractivity contribution is 0.450. The highest BCUT2D eigenvalue weighted by molar-refractivity contribution is 5.95. The molecule has 0 spiro atoms. The van der Waals surface area contributed by atoms with E-state index in [4.69, 9.17) is 0 Å². The zero-order chi connectivity index (χ0) is 13.9. The molecule has 0 aliphatic heterocycles. The molecule has 0 saturated heterocycles. The molecular weight excluding hydrogens is 252 g/mol. The van der Waals surface area contributed by atoms with Crippen LogP contribution in [0.25, 0.3) is 10.8 Å². The molecule has 4 nitrogen and oxygen atoms in total. The van der Waals surface area contributed by atoms with Gasteiger partial charge in [0.25, 0.3) is 0 Å². The molecule has 0 atom stereocenters. The Hall–Kier alpha value is -2.88. The Morgan fingerprint density at radius 2 is 1.95 bits per heavy atom. The maximum Gasteiger partial charge on any atom is 0.128 e. The third-order valence-electron chi connectivity index (χ3n) is 3.01. The van der Waals surface area contributed by atoms with Crippen molar-refractivity contribution < 1.29 is 10.2 Å². The van der Waals surface area contributed by atoms with Crippen LogP contribution in [-0.2, 0) is 0 Å². The van der Waals surface area contributed by atoms with Gasteiger partial charge in [-0.2, -0.15) is 0 Å². The number of hydrogen-bond donors (Lipinski definition) is 2. The number of hydrogen-bond acceptors (Lipinski definition) is 4. The maximum absolute atomic E-state index is 9.72. The van der Waals surface area contributed by atoms with E-state index in [1.54, 1.807) is 24.7 Å². The average molecular weight is 264 g/mol. The minimum Gasteiger partial charge on any atom is -0.508 e. The smallest absolute Gasteiger partial charge is 0.128 e. The fraction of sp³-hybridized carbons (Fsp3) is 0. The van der Waals surface area contributed by atoms with Gasteiger partial charge in [0.05, 0.1) is 5.69 Å². The molecule has 2 aromatic carbocycles. The predicted octanol–water partition coefficient (Wildman–Crippen LogP) is 3.40. The monoisotopic (exact) mass is 264 g/mol. The van der Waals surface area contributed by atoms with E-state index >= 15 is 0 Å². The van der Waals surface area contributed by atoms with Gasteiger partial charge in [-0.1, -0.05) is 12.1 Å². The molecule has 0 unspecified atom stereocenters. The molecule has 98 valence electrons. The number of aliphatic imine (C=N–C) groups is 1. The molecule has 0 radical (unpaired) electrons. The summed E-state index contributed by atoms with van der Waals surface area (Å²) in [6.45, 7) is 0. The first-order valence-electron chi connectivity index (χ1n) is 6.13. The number of nitrogens with zero attached hydrogens (tertiary/aromatic N) is 2. The summed E-state index contributed by atoms with van der Waals surface area (Å²) >= 11 is 0. The maximum atomic E-state index is 9.72. The molecular formula is C16H12N2O2. The summed E-state index contributed by atoms with van der Waals surface area (Å²) in [7, 11) is 0. The molecule has 0 fully saturated rings. The van der Waals surface area contributed by atoms with Crippen LogP contribution in [0.4, 0.5) is 5.69 Å². The van der Waals surface area contributed by atoms with E-state index in [9.17, 15) is 10.2 Å². The second kappa shape index (κ2) is 5.01. The van der Waals surface area contributed by atoms with Gasteiger partial charge in [0.15, 0.2) is 0 Å². The van der Waals surface area contributed by atoms with Gasteiger partial charge in [0.1, 0.15) is 11.5 Å². The highest BCUT2D eigenvalue weighted by atomic mass is 16.3. The van der Waals surface area contributed by atoms with Crippen LogP contribution < -0.4 is 0 Å². The van der Waals surface area contributed by atoms with Gasteiger partial charge in [-0.3, -0.25) is 9.98 Å². The third-order valence-corrected chi connectivity index (χ3v) is 3.01. The van der Waals surface area contributed by atoms with E-state index in [-0.39, 0.29) is 11.5 Å². The molecule has 0 amide bonds. The van der Waals surface area contributed by atoms with E-state index in [2.05, 4.69) is 9.98 Å². The van der Waals surface area contributed by atoms with Gasteiger partial charge in [-0.25, -0.2) is 0 Å². The Kier molecular flexibility index (Phi) is 3.05.